The monoisotopic (exact) mass is 451 g/mol. The lowest BCUT2D eigenvalue weighted by Gasteiger charge is -2.26. The summed E-state index contributed by atoms with van der Waals surface area (Å²) in [5.41, 5.74) is 4.48. The topological polar surface area (TPSA) is 54.9 Å². The molecule has 1 heterocycles. The van der Waals surface area contributed by atoms with Gasteiger partial charge in [0.25, 0.3) is 0 Å². The van der Waals surface area contributed by atoms with E-state index >= 15 is 0 Å². The van der Waals surface area contributed by atoms with Crippen LogP contribution in [0.25, 0.3) is 11.3 Å². The van der Waals surface area contributed by atoms with Crippen LogP contribution in [0.2, 0.25) is 0 Å². The minimum atomic E-state index is -0.980. The first kappa shape index (κ1) is 21.6. The predicted molar refractivity (Wildman–Crippen MR) is 119 cm³/mol. The molecule has 0 spiro atoms. The number of benzene rings is 2. The number of amides is 1. The van der Waals surface area contributed by atoms with E-state index in [1.165, 1.54) is 18.6 Å². The number of hydrogen-bond acceptors (Lipinski definition) is 3. The van der Waals surface area contributed by atoms with E-state index in [2.05, 4.69) is 5.32 Å². The van der Waals surface area contributed by atoms with Crippen LogP contribution in [0, 0.1) is 17.5 Å². The quantitative estimate of drug-likeness (QED) is 0.538. The van der Waals surface area contributed by atoms with E-state index in [1.54, 1.807) is 12.1 Å². The van der Waals surface area contributed by atoms with Crippen molar-refractivity contribution in [3.63, 3.8) is 0 Å². The molecule has 2 aliphatic carbocycles. The molecule has 2 aromatic carbocycles. The normalized spacial score (nSPS) is 15.6. The van der Waals surface area contributed by atoms with Gasteiger partial charge in [-0.2, -0.15) is 0 Å². The molecule has 1 aromatic heterocycles. The maximum atomic E-state index is 13.7. The Morgan fingerprint density at radius 2 is 1.76 bits per heavy atom. The van der Waals surface area contributed by atoms with Crippen molar-refractivity contribution in [2.24, 2.45) is 0 Å². The lowest BCUT2D eigenvalue weighted by Crippen LogP contribution is -2.21. The zero-order valence-electron chi connectivity index (χ0n) is 18.1. The molecule has 0 radical (unpaired) electrons. The molecule has 0 aliphatic heterocycles. The van der Waals surface area contributed by atoms with Gasteiger partial charge in [-0.3, -0.25) is 4.79 Å². The first-order valence-corrected chi connectivity index (χ1v) is 11.4. The fraction of sp³-hybridized carbons (Fsp3) is 0.346. The Balaban J connectivity index is 1.49. The van der Waals surface area contributed by atoms with Gasteiger partial charge in [-0.1, -0.05) is 25.3 Å². The number of nitrogens with one attached hydrogen (secondary N) is 1. The Morgan fingerprint density at radius 1 is 0.939 bits per heavy atom. The van der Waals surface area contributed by atoms with Crippen molar-refractivity contribution in [2.75, 3.05) is 5.32 Å². The Hall–Kier alpha value is -3.22. The van der Waals surface area contributed by atoms with E-state index in [0.717, 1.165) is 66.0 Å². The summed E-state index contributed by atoms with van der Waals surface area (Å²) in [7, 11) is 0. The molecule has 3 aromatic rings. The Morgan fingerprint density at radius 3 is 2.55 bits per heavy atom. The number of hydrogen-bond donors (Lipinski definition) is 1. The molecule has 7 heteroatoms. The summed E-state index contributed by atoms with van der Waals surface area (Å²) in [6.07, 6.45) is 6.46. The van der Waals surface area contributed by atoms with Crippen molar-refractivity contribution in [1.82, 2.24) is 9.97 Å². The van der Waals surface area contributed by atoms with Gasteiger partial charge in [0.2, 0.25) is 5.91 Å². The molecule has 1 saturated carbocycles. The van der Waals surface area contributed by atoms with Crippen LogP contribution in [-0.4, -0.2) is 15.9 Å². The number of aryl methyl sites for hydroxylation is 2. The first-order valence-electron chi connectivity index (χ1n) is 11.4. The van der Waals surface area contributed by atoms with E-state index < -0.39 is 11.6 Å². The summed E-state index contributed by atoms with van der Waals surface area (Å²) in [6, 6.07) is 8.19. The number of carbonyl (C=O) groups excluding carboxylic acids is 1. The minimum Gasteiger partial charge on any atom is -0.309 e. The number of anilines is 1. The third-order valence-corrected chi connectivity index (χ3v) is 6.55. The second kappa shape index (κ2) is 8.96. The van der Waals surface area contributed by atoms with Crippen molar-refractivity contribution in [3.8, 4) is 11.3 Å². The molecule has 0 saturated heterocycles. The van der Waals surface area contributed by atoms with Gasteiger partial charge in [0, 0.05) is 11.5 Å². The van der Waals surface area contributed by atoms with E-state index in [4.69, 9.17) is 9.97 Å². The summed E-state index contributed by atoms with van der Waals surface area (Å²) in [5.74, 6) is -1.92. The van der Waals surface area contributed by atoms with Gasteiger partial charge in [0.1, 0.15) is 5.82 Å². The van der Waals surface area contributed by atoms with Gasteiger partial charge in [-0.25, -0.2) is 23.1 Å². The number of aromatic nitrogens is 2. The Bertz CT molecular complexity index is 1220. The molecule has 33 heavy (non-hydrogen) atoms. The minimum absolute atomic E-state index is 0.0951. The van der Waals surface area contributed by atoms with Crippen LogP contribution in [-0.2, 0) is 24.1 Å². The summed E-state index contributed by atoms with van der Waals surface area (Å²) in [4.78, 5) is 22.6. The lowest BCUT2D eigenvalue weighted by molar-refractivity contribution is -0.115. The van der Waals surface area contributed by atoms with Crippen molar-refractivity contribution < 1.29 is 18.0 Å². The second-order valence-electron chi connectivity index (χ2n) is 8.86. The standard InChI is InChI=1S/C26H24F3N3O/c27-18-8-9-19-17(14-18)7-11-22-25(19)32-24(16-4-2-1-3-5-16)26(30-22)31-23(33)13-15-6-10-20(28)21(29)12-15/h6,8-10,12,14,16H,1-5,7,11,13H2,(H,30,31,33). The number of rotatable bonds is 4. The molecule has 0 atom stereocenters. The second-order valence-corrected chi connectivity index (χ2v) is 8.86. The molecule has 0 unspecified atom stereocenters. The van der Waals surface area contributed by atoms with Gasteiger partial charge in [0.15, 0.2) is 17.5 Å². The fourth-order valence-corrected chi connectivity index (χ4v) is 4.89. The van der Waals surface area contributed by atoms with Crippen LogP contribution >= 0.6 is 0 Å². The Labute approximate surface area is 190 Å². The highest BCUT2D eigenvalue weighted by atomic mass is 19.2. The molecule has 5 rings (SSSR count). The van der Waals surface area contributed by atoms with Crippen LogP contribution in [0.3, 0.4) is 0 Å². The van der Waals surface area contributed by atoms with E-state index in [1.807, 2.05) is 0 Å². The summed E-state index contributed by atoms with van der Waals surface area (Å²) in [5, 5.41) is 2.88. The van der Waals surface area contributed by atoms with Crippen molar-refractivity contribution in [2.45, 2.75) is 57.3 Å². The average molecular weight is 451 g/mol. The van der Waals surface area contributed by atoms with Gasteiger partial charge < -0.3 is 5.32 Å². The number of halogens is 3. The van der Waals surface area contributed by atoms with E-state index in [9.17, 15) is 18.0 Å². The van der Waals surface area contributed by atoms with Gasteiger partial charge in [-0.05, 0) is 67.1 Å². The molecular formula is C26H24F3N3O. The Kier molecular flexibility index (Phi) is 5.87. The average Bonchev–Trinajstić information content (AvgIpc) is 2.81. The van der Waals surface area contributed by atoms with Crippen LogP contribution in [0.1, 0.15) is 60.5 Å². The third-order valence-electron chi connectivity index (χ3n) is 6.55. The predicted octanol–water partition coefficient (Wildman–Crippen LogP) is 5.89. The molecule has 1 amide bonds. The highest BCUT2D eigenvalue weighted by Gasteiger charge is 2.27. The molecule has 1 fully saturated rings. The van der Waals surface area contributed by atoms with Crippen molar-refractivity contribution in [3.05, 3.63) is 76.4 Å². The largest absolute Gasteiger partial charge is 0.309 e. The summed E-state index contributed by atoms with van der Waals surface area (Å²) >= 11 is 0. The SMILES string of the molecule is O=C(Cc1ccc(F)c(F)c1)Nc1nc2c(nc1C1CCCCC1)-c1ccc(F)cc1CC2. The third kappa shape index (κ3) is 4.49. The van der Waals surface area contributed by atoms with E-state index in [0.29, 0.717) is 24.2 Å². The molecule has 1 N–H and O–H groups in total. The molecule has 4 nitrogen and oxygen atoms in total. The maximum Gasteiger partial charge on any atom is 0.229 e. The highest BCUT2D eigenvalue weighted by molar-refractivity contribution is 5.92. The summed E-state index contributed by atoms with van der Waals surface area (Å²) < 4.78 is 40.5. The van der Waals surface area contributed by atoms with Gasteiger partial charge in [-0.15, -0.1) is 0 Å². The van der Waals surface area contributed by atoms with Gasteiger partial charge >= 0.3 is 0 Å². The zero-order chi connectivity index (χ0) is 22.9. The van der Waals surface area contributed by atoms with Gasteiger partial charge in [0.05, 0.1) is 23.5 Å². The molecule has 2 aliphatic rings. The number of carbonyl (C=O) groups is 1. The van der Waals surface area contributed by atoms with E-state index in [-0.39, 0.29) is 24.1 Å². The zero-order valence-corrected chi connectivity index (χ0v) is 18.1. The van der Waals surface area contributed by atoms with Crippen LogP contribution in [0.15, 0.2) is 36.4 Å². The lowest BCUT2D eigenvalue weighted by atomic mass is 9.85. The smallest absolute Gasteiger partial charge is 0.229 e. The molecular weight excluding hydrogens is 427 g/mol. The number of nitrogens with zero attached hydrogens (tertiary/aromatic N) is 2. The van der Waals surface area contributed by atoms with Crippen LogP contribution in [0.5, 0.6) is 0 Å². The first-order chi connectivity index (χ1) is 16.0. The van der Waals surface area contributed by atoms with Crippen molar-refractivity contribution >= 4 is 11.7 Å². The van der Waals surface area contributed by atoms with Crippen molar-refractivity contribution in [1.29, 1.82) is 0 Å². The number of fused-ring (bicyclic) bond motifs is 3. The fourth-order valence-electron chi connectivity index (χ4n) is 4.89. The van der Waals surface area contributed by atoms with Crippen LogP contribution < -0.4 is 5.32 Å². The summed E-state index contributed by atoms with van der Waals surface area (Å²) in [6.45, 7) is 0. The molecule has 170 valence electrons. The van der Waals surface area contributed by atoms with Crippen LogP contribution in [0.4, 0.5) is 19.0 Å². The molecule has 0 bridgehead atoms. The maximum absolute atomic E-state index is 13.7. The highest BCUT2D eigenvalue weighted by Crippen LogP contribution is 2.39.